The lowest BCUT2D eigenvalue weighted by Crippen LogP contribution is -2.40. The highest BCUT2D eigenvalue weighted by Crippen LogP contribution is 2.36. The van der Waals surface area contributed by atoms with Crippen molar-refractivity contribution in [2.75, 3.05) is 18.5 Å². The number of carbonyl (C=O) groups is 1. The Labute approximate surface area is 203 Å². The van der Waals surface area contributed by atoms with Gasteiger partial charge in [-0.3, -0.25) is 4.79 Å². The molecule has 1 unspecified atom stereocenters. The molecule has 4 aromatic rings. The smallest absolute Gasteiger partial charge is 0.207 e. The largest absolute Gasteiger partial charge is 0.377 e. The average molecular weight is 499 g/mol. The molecule has 1 saturated heterocycles. The Bertz CT molecular complexity index is 1390. The van der Waals surface area contributed by atoms with Crippen LogP contribution in [0.15, 0.2) is 42.5 Å². The second-order valence-electron chi connectivity index (χ2n) is 8.42. The van der Waals surface area contributed by atoms with Crippen LogP contribution in [0.25, 0.3) is 21.5 Å². The van der Waals surface area contributed by atoms with Crippen LogP contribution in [0.2, 0.25) is 0 Å². The molecule has 180 valence electrons. The fourth-order valence-electron chi connectivity index (χ4n) is 4.02. The molecule has 35 heavy (non-hydrogen) atoms. The zero-order valence-electron chi connectivity index (χ0n) is 18.6. The predicted octanol–water partition coefficient (Wildman–Crippen LogP) is 4.92. The van der Waals surface area contributed by atoms with Crippen molar-refractivity contribution in [2.45, 2.75) is 25.4 Å². The number of pyridine rings is 1. The molecule has 10 heteroatoms. The van der Waals surface area contributed by atoms with E-state index in [9.17, 15) is 18.0 Å². The molecule has 0 radical (unpaired) electrons. The van der Waals surface area contributed by atoms with E-state index in [0.29, 0.717) is 58.4 Å². The highest BCUT2D eigenvalue weighted by Gasteiger charge is 2.24. The number of benzene rings is 2. The van der Waals surface area contributed by atoms with Gasteiger partial charge in [0.25, 0.3) is 0 Å². The van der Waals surface area contributed by atoms with Crippen molar-refractivity contribution in [1.82, 2.24) is 15.3 Å². The number of carbonyl (C=O) groups excluding carboxylic acids is 1. The number of aromatic nitrogens is 2. The van der Waals surface area contributed by atoms with Gasteiger partial charge in [-0.05, 0) is 60.4 Å². The monoisotopic (exact) mass is 498 g/mol. The third-order valence-electron chi connectivity index (χ3n) is 5.81. The highest BCUT2D eigenvalue weighted by atomic mass is 32.1. The molecule has 3 heterocycles. The third kappa shape index (κ3) is 4.98. The van der Waals surface area contributed by atoms with Gasteiger partial charge in [0.2, 0.25) is 6.41 Å². The molecule has 0 aliphatic carbocycles. The zero-order chi connectivity index (χ0) is 24.5. The van der Waals surface area contributed by atoms with E-state index in [-0.39, 0.29) is 18.3 Å². The van der Waals surface area contributed by atoms with E-state index in [1.54, 1.807) is 19.1 Å². The number of hydrogen-bond donors (Lipinski definition) is 2. The number of amides is 1. The number of thiazole rings is 1. The number of rotatable bonds is 8. The molecule has 2 N–H and O–H groups in total. The summed E-state index contributed by atoms with van der Waals surface area (Å²) < 4.78 is 47.7. The molecule has 5 rings (SSSR count). The summed E-state index contributed by atoms with van der Waals surface area (Å²) >= 11 is 1.43. The minimum absolute atomic E-state index is 0.0910. The van der Waals surface area contributed by atoms with Crippen LogP contribution in [0.3, 0.4) is 0 Å². The Balaban J connectivity index is 1.62. The van der Waals surface area contributed by atoms with Gasteiger partial charge >= 0.3 is 0 Å². The van der Waals surface area contributed by atoms with E-state index in [1.165, 1.54) is 29.5 Å². The molecule has 0 bridgehead atoms. The number of hydrogen-bond acceptors (Lipinski definition) is 6. The molecule has 1 aliphatic heterocycles. The van der Waals surface area contributed by atoms with Gasteiger partial charge in [0.1, 0.15) is 17.5 Å². The van der Waals surface area contributed by atoms with E-state index >= 15 is 0 Å². The Morgan fingerprint density at radius 1 is 1.11 bits per heavy atom. The lowest BCUT2D eigenvalue weighted by atomic mass is 9.94. The molecular formula is C25H21F3N4O2S. The minimum atomic E-state index is -0.711. The summed E-state index contributed by atoms with van der Waals surface area (Å²) in [6, 6.07) is 9.31. The summed E-state index contributed by atoms with van der Waals surface area (Å²) in [5.74, 6) is -1.76. The Hall–Kier alpha value is -3.50. The minimum Gasteiger partial charge on any atom is -0.377 e. The van der Waals surface area contributed by atoms with Crippen molar-refractivity contribution in [2.24, 2.45) is 0 Å². The summed E-state index contributed by atoms with van der Waals surface area (Å²) in [5, 5.41) is 6.72. The molecule has 1 amide bonds. The van der Waals surface area contributed by atoms with Gasteiger partial charge in [-0.25, -0.2) is 23.1 Å². The first-order valence-corrected chi connectivity index (χ1v) is 11.8. The van der Waals surface area contributed by atoms with E-state index in [1.807, 2.05) is 6.07 Å². The average Bonchev–Trinajstić information content (AvgIpc) is 3.18. The Morgan fingerprint density at radius 3 is 2.54 bits per heavy atom. The van der Waals surface area contributed by atoms with Crippen LogP contribution >= 0.6 is 11.3 Å². The van der Waals surface area contributed by atoms with Gasteiger partial charge in [0.15, 0.2) is 10.8 Å². The summed E-state index contributed by atoms with van der Waals surface area (Å²) in [4.78, 5) is 20.9. The van der Waals surface area contributed by atoms with Crippen LogP contribution in [-0.2, 0) is 16.0 Å². The number of nitrogens with one attached hydrogen (secondary N) is 2. The molecule has 0 spiro atoms. The first kappa shape index (κ1) is 23.3. The van der Waals surface area contributed by atoms with E-state index in [2.05, 4.69) is 15.6 Å². The summed E-state index contributed by atoms with van der Waals surface area (Å²) in [6.45, 7) is 2.87. The van der Waals surface area contributed by atoms with E-state index in [4.69, 9.17) is 9.72 Å². The number of halogens is 3. The third-order valence-corrected chi connectivity index (χ3v) is 6.73. The number of ether oxygens (including phenoxy) is 1. The molecule has 0 saturated carbocycles. The number of anilines is 1. The van der Waals surface area contributed by atoms with E-state index in [0.717, 1.165) is 10.8 Å². The predicted molar refractivity (Wildman–Crippen MR) is 128 cm³/mol. The van der Waals surface area contributed by atoms with Gasteiger partial charge in [-0.1, -0.05) is 17.4 Å². The molecule has 1 aliphatic rings. The summed E-state index contributed by atoms with van der Waals surface area (Å²) in [5.41, 5.74) is 3.11. The quantitative estimate of drug-likeness (QED) is 0.337. The first-order chi connectivity index (χ1) is 16.9. The maximum atomic E-state index is 14.0. The lowest BCUT2D eigenvalue weighted by Gasteiger charge is -2.26. The fourth-order valence-corrected chi connectivity index (χ4v) is 4.95. The van der Waals surface area contributed by atoms with Gasteiger partial charge in [0, 0.05) is 11.6 Å². The molecule has 1 fully saturated rings. The van der Waals surface area contributed by atoms with Crippen molar-refractivity contribution in [3.8, 4) is 11.1 Å². The molecule has 2 aromatic heterocycles. The van der Waals surface area contributed by atoms with Gasteiger partial charge in [0.05, 0.1) is 35.7 Å². The van der Waals surface area contributed by atoms with Gasteiger partial charge in [-0.15, -0.1) is 0 Å². The fraction of sp³-hybridized carbons (Fsp3) is 0.240. The standard InChI is InChI=1S/C25H21F3N4O2S/c1-13-4-15(2-3-20(13)28)19-9-22-24(32-25(35-22)30-18-10-34-11-18)31-23(19)21(29-12-33)7-14-5-16(26)8-17(27)6-14/h2-6,8-9,12,18,21H,7,10-11H2,1H3,(H,29,33)(H,30,31,32). The Morgan fingerprint density at radius 2 is 1.89 bits per heavy atom. The van der Waals surface area contributed by atoms with Crippen LogP contribution in [-0.4, -0.2) is 35.6 Å². The SMILES string of the molecule is Cc1cc(-c2cc3sc(NC4COC4)nc3nc2C(Cc2cc(F)cc(F)c2)NC=O)ccc1F. The van der Waals surface area contributed by atoms with Crippen molar-refractivity contribution >= 4 is 33.2 Å². The highest BCUT2D eigenvalue weighted by molar-refractivity contribution is 7.22. The van der Waals surface area contributed by atoms with Crippen LogP contribution in [0.4, 0.5) is 18.3 Å². The molecular weight excluding hydrogens is 477 g/mol. The van der Waals surface area contributed by atoms with Gasteiger partial charge in [-0.2, -0.15) is 0 Å². The van der Waals surface area contributed by atoms with Crippen LogP contribution in [0, 0.1) is 24.4 Å². The number of aryl methyl sites for hydroxylation is 1. The maximum absolute atomic E-state index is 14.0. The van der Waals surface area contributed by atoms with Gasteiger partial charge < -0.3 is 15.4 Å². The molecule has 6 nitrogen and oxygen atoms in total. The van der Waals surface area contributed by atoms with Crippen LogP contribution < -0.4 is 10.6 Å². The second kappa shape index (κ2) is 9.63. The van der Waals surface area contributed by atoms with Crippen LogP contribution in [0.5, 0.6) is 0 Å². The van der Waals surface area contributed by atoms with Crippen molar-refractivity contribution < 1.29 is 22.7 Å². The topological polar surface area (TPSA) is 76.1 Å². The van der Waals surface area contributed by atoms with Crippen LogP contribution in [0.1, 0.15) is 22.9 Å². The maximum Gasteiger partial charge on any atom is 0.207 e. The summed E-state index contributed by atoms with van der Waals surface area (Å²) in [7, 11) is 0. The van der Waals surface area contributed by atoms with E-state index < -0.39 is 17.7 Å². The molecule has 2 aromatic carbocycles. The second-order valence-corrected chi connectivity index (χ2v) is 9.45. The first-order valence-electron chi connectivity index (χ1n) is 11.0. The lowest BCUT2D eigenvalue weighted by molar-refractivity contribution is -0.110. The summed E-state index contributed by atoms with van der Waals surface area (Å²) in [6.07, 6.45) is 0.615. The zero-order valence-corrected chi connectivity index (χ0v) is 19.5. The normalized spacial score (nSPS) is 14.5. The van der Waals surface area contributed by atoms with Crippen molar-refractivity contribution in [3.63, 3.8) is 0 Å². The van der Waals surface area contributed by atoms with Crippen molar-refractivity contribution in [1.29, 1.82) is 0 Å². The Kier molecular flexibility index (Phi) is 6.40. The number of fused-ring (bicyclic) bond motifs is 1. The number of nitrogens with zero attached hydrogens (tertiary/aromatic N) is 2. The molecule has 1 atom stereocenters. The van der Waals surface area contributed by atoms with Crippen molar-refractivity contribution in [3.05, 3.63) is 76.7 Å².